The maximum Gasteiger partial charge on any atom is 0.240 e. The number of nitrogens with zero attached hydrogens (tertiary/aromatic N) is 2. The van der Waals surface area contributed by atoms with Gasteiger partial charge < -0.3 is 10.3 Å². The van der Waals surface area contributed by atoms with Gasteiger partial charge in [0.05, 0.1) is 13.1 Å². The highest BCUT2D eigenvalue weighted by atomic mass is 35.5. The summed E-state index contributed by atoms with van der Waals surface area (Å²) in [5.41, 5.74) is 5.64. The topological polar surface area (TPSA) is 94.0 Å². The highest BCUT2D eigenvalue weighted by Gasteiger charge is 2.10. The van der Waals surface area contributed by atoms with E-state index in [9.17, 15) is 4.79 Å². The molecule has 0 bridgehead atoms. The summed E-state index contributed by atoms with van der Waals surface area (Å²) in [6.45, 7) is 0.297. The zero-order valence-corrected chi connectivity index (χ0v) is 11.2. The Hall–Kier alpha value is -1.63. The van der Waals surface area contributed by atoms with Gasteiger partial charge in [-0.1, -0.05) is 28.4 Å². The van der Waals surface area contributed by atoms with Gasteiger partial charge in [-0.3, -0.25) is 10.1 Å². The highest BCUT2D eigenvalue weighted by Crippen LogP contribution is 2.25. The van der Waals surface area contributed by atoms with Crippen LogP contribution in [-0.4, -0.2) is 22.6 Å². The molecule has 0 fully saturated rings. The van der Waals surface area contributed by atoms with Gasteiger partial charge >= 0.3 is 0 Å². The third-order valence-corrected chi connectivity index (χ3v) is 2.60. The van der Waals surface area contributed by atoms with Gasteiger partial charge in [0.2, 0.25) is 17.6 Å². The highest BCUT2D eigenvalue weighted by molar-refractivity contribution is 6.35. The molecule has 1 amide bonds. The molecule has 19 heavy (non-hydrogen) atoms. The van der Waals surface area contributed by atoms with Crippen molar-refractivity contribution < 1.29 is 9.32 Å². The molecule has 100 valence electrons. The summed E-state index contributed by atoms with van der Waals surface area (Å²) in [6.07, 6.45) is 0. The van der Waals surface area contributed by atoms with Crippen LogP contribution in [0.25, 0.3) is 11.4 Å². The van der Waals surface area contributed by atoms with Crippen LogP contribution >= 0.6 is 23.2 Å². The molecule has 2 rings (SSSR count). The maximum absolute atomic E-state index is 10.6. The fraction of sp³-hybridized carbons (Fsp3) is 0.182. The second-order valence-electron chi connectivity index (χ2n) is 3.74. The number of carbonyl (C=O) groups is 1. The SMILES string of the molecule is NC(=O)CNCc1nc(-c2cc(Cl)cc(Cl)c2)no1. The summed E-state index contributed by atoms with van der Waals surface area (Å²) < 4.78 is 5.02. The van der Waals surface area contributed by atoms with E-state index >= 15 is 0 Å². The first kappa shape index (κ1) is 13.8. The van der Waals surface area contributed by atoms with Crippen LogP contribution in [0.15, 0.2) is 22.7 Å². The molecule has 2 aromatic rings. The quantitative estimate of drug-likeness (QED) is 0.875. The molecule has 0 aliphatic heterocycles. The van der Waals surface area contributed by atoms with E-state index < -0.39 is 5.91 Å². The van der Waals surface area contributed by atoms with Crippen LogP contribution in [0.3, 0.4) is 0 Å². The van der Waals surface area contributed by atoms with Gasteiger partial charge in [0.15, 0.2) is 0 Å². The van der Waals surface area contributed by atoms with Crippen molar-refractivity contribution in [2.24, 2.45) is 5.73 Å². The van der Waals surface area contributed by atoms with E-state index in [1.165, 1.54) is 0 Å². The lowest BCUT2D eigenvalue weighted by Gasteiger charge is -1.97. The molecule has 0 radical (unpaired) electrons. The molecule has 0 saturated heterocycles. The minimum absolute atomic E-state index is 0.0424. The van der Waals surface area contributed by atoms with Gasteiger partial charge in [0.1, 0.15) is 0 Å². The number of primary amides is 1. The van der Waals surface area contributed by atoms with Gasteiger partial charge in [-0.2, -0.15) is 4.98 Å². The van der Waals surface area contributed by atoms with Crippen molar-refractivity contribution in [3.63, 3.8) is 0 Å². The first-order valence-corrected chi connectivity index (χ1v) is 6.08. The van der Waals surface area contributed by atoms with Crippen LogP contribution in [0.1, 0.15) is 5.89 Å². The third kappa shape index (κ3) is 3.92. The molecule has 1 heterocycles. The summed E-state index contributed by atoms with van der Waals surface area (Å²) in [6, 6.07) is 4.97. The summed E-state index contributed by atoms with van der Waals surface area (Å²) in [5, 5.41) is 7.55. The van der Waals surface area contributed by atoms with Crippen LogP contribution < -0.4 is 11.1 Å². The summed E-state index contributed by atoms with van der Waals surface area (Å²) in [5.74, 6) is 0.258. The number of rotatable bonds is 5. The lowest BCUT2D eigenvalue weighted by Crippen LogP contribution is -2.28. The molecular formula is C11H10Cl2N4O2. The summed E-state index contributed by atoms with van der Waals surface area (Å²) in [4.78, 5) is 14.7. The van der Waals surface area contributed by atoms with E-state index in [1.54, 1.807) is 18.2 Å². The van der Waals surface area contributed by atoms with Crippen molar-refractivity contribution in [2.75, 3.05) is 6.54 Å². The Kier molecular flexibility index (Phi) is 4.36. The Morgan fingerprint density at radius 1 is 1.32 bits per heavy atom. The molecule has 0 spiro atoms. The maximum atomic E-state index is 10.6. The van der Waals surface area contributed by atoms with Gasteiger partial charge in [-0.05, 0) is 18.2 Å². The van der Waals surface area contributed by atoms with Crippen molar-refractivity contribution in [2.45, 2.75) is 6.54 Å². The second-order valence-corrected chi connectivity index (χ2v) is 4.61. The molecular weight excluding hydrogens is 291 g/mol. The molecule has 0 unspecified atom stereocenters. The number of aromatic nitrogens is 2. The average molecular weight is 301 g/mol. The van der Waals surface area contributed by atoms with E-state index in [-0.39, 0.29) is 13.1 Å². The standard InChI is InChI=1S/C11H10Cl2N4O2/c12-7-1-6(2-8(13)3-7)11-16-10(19-17-11)5-15-4-9(14)18/h1-3,15H,4-5H2,(H2,14,18). The molecule has 3 N–H and O–H groups in total. The second kappa shape index (κ2) is 6.01. The number of benzene rings is 1. The number of hydrogen-bond acceptors (Lipinski definition) is 5. The Morgan fingerprint density at radius 3 is 2.63 bits per heavy atom. The average Bonchev–Trinajstić information content (AvgIpc) is 2.76. The van der Waals surface area contributed by atoms with Crippen molar-refractivity contribution in [1.29, 1.82) is 0 Å². The molecule has 1 aromatic heterocycles. The van der Waals surface area contributed by atoms with Crippen molar-refractivity contribution in [1.82, 2.24) is 15.5 Å². The first-order chi connectivity index (χ1) is 9.04. The van der Waals surface area contributed by atoms with Crippen molar-refractivity contribution >= 4 is 29.1 Å². The van der Waals surface area contributed by atoms with Crippen LogP contribution in [0.4, 0.5) is 0 Å². The lowest BCUT2D eigenvalue weighted by atomic mass is 10.2. The van der Waals surface area contributed by atoms with Crippen molar-refractivity contribution in [3.8, 4) is 11.4 Å². The molecule has 0 atom stereocenters. The van der Waals surface area contributed by atoms with E-state index in [0.29, 0.717) is 27.3 Å². The summed E-state index contributed by atoms with van der Waals surface area (Å²) in [7, 11) is 0. The molecule has 0 aliphatic rings. The van der Waals surface area contributed by atoms with Crippen LogP contribution in [-0.2, 0) is 11.3 Å². The van der Waals surface area contributed by atoms with E-state index in [4.69, 9.17) is 33.5 Å². The Morgan fingerprint density at radius 2 is 2.00 bits per heavy atom. The smallest absolute Gasteiger partial charge is 0.240 e. The monoisotopic (exact) mass is 300 g/mol. The first-order valence-electron chi connectivity index (χ1n) is 5.32. The normalized spacial score (nSPS) is 10.6. The van der Waals surface area contributed by atoms with E-state index in [2.05, 4.69) is 15.5 Å². The third-order valence-electron chi connectivity index (χ3n) is 2.16. The molecule has 8 heteroatoms. The van der Waals surface area contributed by atoms with Crippen LogP contribution in [0, 0.1) is 0 Å². The zero-order chi connectivity index (χ0) is 13.8. The van der Waals surface area contributed by atoms with E-state index in [0.717, 1.165) is 0 Å². The van der Waals surface area contributed by atoms with Gasteiger partial charge in [-0.25, -0.2) is 0 Å². The predicted molar refractivity (Wildman–Crippen MR) is 70.7 cm³/mol. The zero-order valence-electron chi connectivity index (χ0n) is 9.69. The van der Waals surface area contributed by atoms with Crippen molar-refractivity contribution in [3.05, 3.63) is 34.1 Å². The van der Waals surface area contributed by atoms with Gasteiger partial charge in [0, 0.05) is 15.6 Å². The van der Waals surface area contributed by atoms with Gasteiger partial charge in [-0.15, -0.1) is 0 Å². The van der Waals surface area contributed by atoms with Crippen LogP contribution in [0.5, 0.6) is 0 Å². The molecule has 6 nitrogen and oxygen atoms in total. The number of amides is 1. The fourth-order valence-electron chi connectivity index (χ4n) is 1.42. The Bertz CT molecular complexity index is 580. The molecule has 0 saturated carbocycles. The van der Waals surface area contributed by atoms with Crippen LogP contribution in [0.2, 0.25) is 10.0 Å². The lowest BCUT2D eigenvalue weighted by molar-refractivity contribution is -0.117. The Labute approximate surface area is 118 Å². The number of carbonyl (C=O) groups excluding carboxylic acids is 1. The number of nitrogens with one attached hydrogen (secondary N) is 1. The number of halogens is 2. The van der Waals surface area contributed by atoms with Gasteiger partial charge in [0.25, 0.3) is 0 Å². The predicted octanol–water partition coefficient (Wildman–Crippen LogP) is 1.62. The minimum Gasteiger partial charge on any atom is -0.369 e. The molecule has 1 aromatic carbocycles. The van der Waals surface area contributed by atoms with E-state index in [1.807, 2.05) is 0 Å². The summed E-state index contributed by atoms with van der Waals surface area (Å²) >= 11 is 11.8. The minimum atomic E-state index is -0.457. The number of hydrogen-bond donors (Lipinski definition) is 2. The largest absolute Gasteiger partial charge is 0.369 e. The fourth-order valence-corrected chi connectivity index (χ4v) is 1.95. The number of nitrogens with two attached hydrogens (primary N) is 1. The Balaban J connectivity index is 2.09. The molecule has 0 aliphatic carbocycles.